The highest BCUT2D eigenvalue weighted by Gasteiger charge is 2.43. The summed E-state index contributed by atoms with van der Waals surface area (Å²) >= 11 is 0. The summed E-state index contributed by atoms with van der Waals surface area (Å²) in [5, 5.41) is 3.71. The van der Waals surface area contributed by atoms with Crippen molar-refractivity contribution in [3.8, 4) is 22.4 Å². The van der Waals surface area contributed by atoms with E-state index >= 15 is 0 Å². The van der Waals surface area contributed by atoms with Crippen molar-refractivity contribution in [1.82, 2.24) is 25.2 Å². The zero-order chi connectivity index (χ0) is 42.4. The molecule has 4 atom stereocenters. The minimum atomic E-state index is -0.665. The first-order valence-corrected chi connectivity index (χ1v) is 21.1. The molecule has 61 heavy (non-hydrogen) atoms. The number of alkyl carbamates (subject to hydrolysis) is 1. The number of methoxy groups -OCH3 is 2. The number of rotatable bonds is 10. The molecule has 3 amide bonds. The van der Waals surface area contributed by atoms with Crippen LogP contribution < -0.4 is 10.2 Å². The third-order valence-electron chi connectivity index (χ3n) is 12.7. The Morgan fingerprint density at radius 2 is 1.67 bits per heavy atom. The number of pyridine rings is 1. The van der Waals surface area contributed by atoms with Gasteiger partial charge in [-0.25, -0.2) is 9.78 Å². The van der Waals surface area contributed by atoms with E-state index in [4.69, 9.17) is 24.4 Å². The molecule has 0 saturated carbocycles. The van der Waals surface area contributed by atoms with Gasteiger partial charge in [0.05, 0.1) is 55.8 Å². The lowest BCUT2D eigenvalue weighted by molar-refractivity contribution is -0.144. The van der Waals surface area contributed by atoms with Crippen LogP contribution >= 0.6 is 0 Å². The molecule has 0 unspecified atom stereocenters. The number of hydrogen-bond acceptors (Lipinski definition) is 9. The number of aryl methyl sites for hydroxylation is 1. The first-order valence-electron chi connectivity index (χ1n) is 21.1. The van der Waals surface area contributed by atoms with Crippen LogP contribution in [0.4, 0.5) is 10.5 Å². The molecular formula is C48H49N7O6. The number of likely N-dealkylation sites (tertiary alicyclic amines) is 1. The molecule has 1 fully saturated rings. The maximum absolute atomic E-state index is 14.0. The van der Waals surface area contributed by atoms with Crippen LogP contribution in [0.3, 0.4) is 0 Å². The monoisotopic (exact) mass is 819 g/mol. The number of aromatic amines is 1. The number of imidazole rings is 1. The van der Waals surface area contributed by atoms with Crippen molar-refractivity contribution >= 4 is 51.8 Å². The number of nitrogens with zero attached hydrogens (tertiary/aromatic N) is 5. The van der Waals surface area contributed by atoms with Gasteiger partial charge in [0.15, 0.2) is 0 Å². The minimum Gasteiger partial charge on any atom is -0.469 e. The summed E-state index contributed by atoms with van der Waals surface area (Å²) in [6.45, 7) is 4.46. The first-order chi connectivity index (χ1) is 29.6. The fourth-order valence-electron chi connectivity index (χ4n) is 9.44. The van der Waals surface area contributed by atoms with E-state index in [0.717, 1.165) is 86.2 Å². The number of hydrogen-bond donors (Lipinski definition) is 2. The molecule has 13 heteroatoms. The third kappa shape index (κ3) is 7.57. The molecule has 9 rings (SSSR count). The second kappa shape index (κ2) is 16.4. The van der Waals surface area contributed by atoms with Crippen LogP contribution in [0.1, 0.15) is 74.5 Å². The second-order valence-corrected chi connectivity index (χ2v) is 16.8. The summed E-state index contributed by atoms with van der Waals surface area (Å²) in [6.07, 6.45) is 9.34. The van der Waals surface area contributed by atoms with Crippen molar-refractivity contribution in [1.29, 1.82) is 0 Å². The number of para-hydroxylation sites is 1. The van der Waals surface area contributed by atoms with Crippen LogP contribution in [0.2, 0.25) is 0 Å². The van der Waals surface area contributed by atoms with E-state index in [-0.39, 0.29) is 42.2 Å². The van der Waals surface area contributed by atoms with Gasteiger partial charge >= 0.3 is 12.1 Å². The maximum atomic E-state index is 14.0. The number of esters is 1. The Kier molecular flexibility index (Phi) is 10.7. The van der Waals surface area contributed by atoms with Crippen molar-refractivity contribution in [3.05, 3.63) is 108 Å². The quantitative estimate of drug-likeness (QED) is 0.136. The number of allylic oxidation sites excluding steroid dienone is 1. The van der Waals surface area contributed by atoms with E-state index in [1.807, 2.05) is 42.1 Å². The summed E-state index contributed by atoms with van der Waals surface area (Å²) in [4.78, 5) is 73.6. The Hall–Kier alpha value is -6.63. The molecule has 312 valence electrons. The summed E-state index contributed by atoms with van der Waals surface area (Å²) in [5.74, 6) is -0.403. The van der Waals surface area contributed by atoms with Crippen LogP contribution in [0.25, 0.3) is 38.9 Å². The Bertz CT molecular complexity index is 2610. The van der Waals surface area contributed by atoms with Crippen molar-refractivity contribution in [2.45, 2.75) is 76.9 Å². The first kappa shape index (κ1) is 39.8. The summed E-state index contributed by atoms with van der Waals surface area (Å²) < 4.78 is 9.71. The fourth-order valence-corrected chi connectivity index (χ4v) is 9.44. The SMILES string of the molecule is COC(=O)C[C@H]1CCc2cccc3c2N(C1=O)[C@H](c1ncc(-c2cnc4cc(-c5ccc(C6=CN=C([C@@H]7CCCN7C(=O)[C@@H](NC(=O)OC)C(C)C)C6)cc5)ccc4c2)[nH]1)C3. The minimum absolute atomic E-state index is 0.0565. The van der Waals surface area contributed by atoms with Crippen molar-refractivity contribution in [3.63, 3.8) is 0 Å². The third-order valence-corrected chi connectivity index (χ3v) is 12.7. The van der Waals surface area contributed by atoms with Crippen LogP contribution in [-0.2, 0) is 36.7 Å². The molecule has 4 aliphatic rings. The number of carbonyl (C=O) groups is 4. The number of aliphatic imine (C=N–C) groups is 1. The van der Waals surface area contributed by atoms with Crippen molar-refractivity contribution in [2.75, 3.05) is 25.7 Å². The van der Waals surface area contributed by atoms with Gasteiger partial charge in [0.25, 0.3) is 0 Å². The summed E-state index contributed by atoms with van der Waals surface area (Å²) in [6, 6.07) is 22.0. The number of benzene rings is 3. The average molecular weight is 820 g/mol. The molecule has 3 aromatic carbocycles. The number of H-pyrrole nitrogens is 1. The number of anilines is 1. The zero-order valence-corrected chi connectivity index (χ0v) is 34.8. The smallest absolute Gasteiger partial charge is 0.407 e. The number of nitrogens with one attached hydrogen (secondary N) is 2. The normalized spacial score (nSPS) is 20.0. The van der Waals surface area contributed by atoms with Crippen LogP contribution in [-0.4, -0.2) is 82.3 Å². The molecule has 2 aromatic heterocycles. The van der Waals surface area contributed by atoms with Gasteiger partial charge < -0.3 is 29.6 Å². The van der Waals surface area contributed by atoms with Gasteiger partial charge in [-0.05, 0) is 77.1 Å². The number of amides is 3. The molecule has 2 N–H and O–H groups in total. The van der Waals surface area contributed by atoms with E-state index < -0.39 is 18.1 Å². The molecule has 1 saturated heterocycles. The van der Waals surface area contributed by atoms with Gasteiger partial charge in [0.2, 0.25) is 11.8 Å². The molecule has 6 heterocycles. The van der Waals surface area contributed by atoms with Gasteiger partial charge in [-0.3, -0.25) is 24.4 Å². The Morgan fingerprint density at radius 3 is 2.46 bits per heavy atom. The molecule has 13 nitrogen and oxygen atoms in total. The zero-order valence-electron chi connectivity index (χ0n) is 34.8. The number of ether oxygens (including phenoxy) is 2. The van der Waals surface area contributed by atoms with Gasteiger partial charge in [0.1, 0.15) is 11.9 Å². The number of carbonyl (C=O) groups excluding carboxylic acids is 4. The highest BCUT2D eigenvalue weighted by molar-refractivity contribution is 6.04. The molecule has 0 radical (unpaired) electrons. The number of aromatic nitrogens is 3. The molecule has 0 spiro atoms. The van der Waals surface area contributed by atoms with Gasteiger partial charge in [-0.2, -0.15) is 0 Å². The lowest BCUT2D eigenvalue weighted by atomic mass is 9.95. The molecule has 0 aliphatic carbocycles. The highest BCUT2D eigenvalue weighted by Crippen LogP contribution is 2.46. The predicted molar refractivity (Wildman–Crippen MR) is 233 cm³/mol. The van der Waals surface area contributed by atoms with Gasteiger partial charge in [-0.1, -0.05) is 68.4 Å². The largest absolute Gasteiger partial charge is 0.469 e. The maximum Gasteiger partial charge on any atom is 0.407 e. The molecule has 5 aromatic rings. The lowest BCUT2D eigenvalue weighted by Crippen LogP contribution is -2.53. The highest BCUT2D eigenvalue weighted by atomic mass is 16.5. The van der Waals surface area contributed by atoms with Gasteiger partial charge in [0, 0.05) is 54.4 Å². The van der Waals surface area contributed by atoms with E-state index in [0.29, 0.717) is 31.6 Å². The molecule has 0 bridgehead atoms. The fraction of sp³-hybridized carbons (Fsp3) is 0.354. The summed E-state index contributed by atoms with van der Waals surface area (Å²) in [7, 11) is 2.66. The van der Waals surface area contributed by atoms with Crippen LogP contribution in [0.5, 0.6) is 0 Å². The second-order valence-electron chi connectivity index (χ2n) is 16.8. The average Bonchev–Trinajstić information content (AvgIpc) is 4.11. The molecule has 4 aliphatic heterocycles. The topological polar surface area (TPSA) is 159 Å². The Balaban J connectivity index is 0.872. The van der Waals surface area contributed by atoms with E-state index in [1.165, 1.54) is 14.2 Å². The van der Waals surface area contributed by atoms with E-state index in [1.54, 1.807) is 6.20 Å². The van der Waals surface area contributed by atoms with E-state index in [2.05, 4.69) is 71.0 Å². The Morgan fingerprint density at radius 1 is 0.885 bits per heavy atom. The standard InChI is InChI=1S/C48H49N7O6/c1-27(2)43(53-48(59)61-4)47(58)54-18-6-9-40(54)38-21-35(24-50-38)29-12-10-28(11-13-29)31-15-16-32-19-36(25-49-37(32)20-31)39-26-51-45(52-39)41-22-33-8-5-7-30-14-17-34(23-42(56)60-3)46(57)55(41)44(30)33/h5,7-8,10-13,15-16,19-20,24-27,34,40-41,43H,6,9,14,17-18,21-23H2,1-4H3,(H,51,52)(H,53,59)/t34-,40+,41+,43+/m1/s1. The van der Waals surface area contributed by atoms with Crippen LogP contribution in [0.15, 0.2) is 90.3 Å². The predicted octanol–water partition coefficient (Wildman–Crippen LogP) is 7.61. The van der Waals surface area contributed by atoms with Crippen molar-refractivity contribution < 1.29 is 28.7 Å². The van der Waals surface area contributed by atoms with Crippen molar-refractivity contribution in [2.24, 2.45) is 16.8 Å². The summed E-state index contributed by atoms with van der Waals surface area (Å²) in [5.41, 5.74) is 11.0. The van der Waals surface area contributed by atoms with E-state index in [9.17, 15) is 19.2 Å². The van der Waals surface area contributed by atoms with Crippen LogP contribution in [0, 0.1) is 11.8 Å². The van der Waals surface area contributed by atoms with Gasteiger partial charge in [-0.15, -0.1) is 0 Å². The lowest BCUT2D eigenvalue weighted by Gasteiger charge is -2.31. The Labute approximate surface area is 354 Å². The molecular weight excluding hydrogens is 771 g/mol. The number of fused-ring (bicyclic) bond motifs is 1.